The highest BCUT2D eigenvalue weighted by atomic mass is 16.5. The summed E-state index contributed by atoms with van der Waals surface area (Å²) < 4.78 is 5.46. The van der Waals surface area contributed by atoms with Crippen LogP contribution in [0, 0.1) is 13.0 Å². The number of nitrogens with zero attached hydrogens (tertiary/aromatic N) is 2. The van der Waals surface area contributed by atoms with Gasteiger partial charge in [0.1, 0.15) is 0 Å². The van der Waals surface area contributed by atoms with E-state index in [4.69, 9.17) is 9.72 Å². The van der Waals surface area contributed by atoms with Crippen LogP contribution in [0.5, 0.6) is 0 Å². The molecule has 1 aliphatic rings. The minimum absolute atomic E-state index is 0.780. The van der Waals surface area contributed by atoms with Crippen LogP contribution in [0.15, 0.2) is 48.5 Å². The van der Waals surface area contributed by atoms with E-state index in [2.05, 4.69) is 51.3 Å². The van der Waals surface area contributed by atoms with Crippen LogP contribution in [-0.2, 0) is 4.74 Å². The third-order valence-electron chi connectivity index (χ3n) is 5.02. The second kappa shape index (κ2) is 6.59. The van der Waals surface area contributed by atoms with Crippen LogP contribution >= 0.6 is 0 Å². The summed E-state index contributed by atoms with van der Waals surface area (Å²) in [6.45, 7) is 5.43. The van der Waals surface area contributed by atoms with Crippen LogP contribution in [0.2, 0.25) is 0 Å². The molecule has 1 fully saturated rings. The Hall–Kier alpha value is -3.05. The van der Waals surface area contributed by atoms with E-state index in [1.165, 1.54) is 5.69 Å². The van der Waals surface area contributed by atoms with Gasteiger partial charge in [0.05, 0.1) is 29.9 Å². The minimum Gasteiger partial charge on any atom is -0.378 e. The second-order valence-electron chi connectivity index (χ2n) is 6.88. The van der Waals surface area contributed by atoms with Gasteiger partial charge in [0.25, 0.3) is 0 Å². The van der Waals surface area contributed by atoms with Gasteiger partial charge in [-0.15, -0.1) is 0 Å². The highest BCUT2D eigenvalue weighted by molar-refractivity contribution is 5.86. The molecule has 27 heavy (non-hydrogen) atoms. The Labute approximate surface area is 158 Å². The molecule has 5 heteroatoms. The zero-order chi connectivity index (χ0) is 18.2. The average Bonchev–Trinajstić information content (AvgIpc) is 3.32. The number of aryl methyl sites for hydroxylation is 1. The summed E-state index contributed by atoms with van der Waals surface area (Å²) in [5.41, 5.74) is 7.35. The number of H-pyrrole nitrogens is 2. The average molecular weight is 357 g/mol. The number of anilines is 1. The van der Waals surface area contributed by atoms with Gasteiger partial charge in [-0.2, -0.15) is 0 Å². The SMILES string of the molecule is Cc1[c]c(-c2ccccc2)c(-c2nc3cc(N4CCOCC4)ccc3[nH]2)[nH]1. The zero-order valence-corrected chi connectivity index (χ0v) is 15.2. The molecule has 4 aromatic rings. The van der Waals surface area contributed by atoms with Crippen molar-refractivity contribution in [3.8, 4) is 22.6 Å². The molecular formula is C22H21N4O. The molecule has 0 atom stereocenters. The van der Waals surface area contributed by atoms with E-state index >= 15 is 0 Å². The molecule has 5 rings (SSSR count). The van der Waals surface area contributed by atoms with Gasteiger partial charge in [0, 0.05) is 36.1 Å². The number of fused-ring (bicyclic) bond motifs is 1. The fraction of sp³-hybridized carbons (Fsp3) is 0.227. The molecule has 0 spiro atoms. The lowest BCUT2D eigenvalue weighted by Crippen LogP contribution is -2.36. The summed E-state index contributed by atoms with van der Waals surface area (Å²) in [4.78, 5) is 14.1. The van der Waals surface area contributed by atoms with Crippen molar-refractivity contribution in [3.05, 3.63) is 60.3 Å². The lowest BCUT2D eigenvalue weighted by molar-refractivity contribution is 0.122. The first-order valence-electron chi connectivity index (χ1n) is 9.28. The summed E-state index contributed by atoms with van der Waals surface area (Å²) in [5, 5.41) is 0. The number of rotatable bonds is 3. The maximum atomic E-state index is 5.46. The number of imidazole rings is 1. The molecule has 0 aliphatic carbocycles. The van der Waals surface area contributed by atoms with Crippen molar-refractivity contribution in [3.63, 3.8) is 0 Å². The standard InChI is InChI=1S/C22H21N4O/c1-15-13-18(16-5-3-2-4-6-16)21(23-15)22-24-19-8-7-17(14-20(19)25-22)26-9-11-27-12-10-26/h2-8,14,23H,9-12H2,1H3,(H,24,25). The molecular weight excluding hydrogens is 336 g/mol. The first-order chi connectivity index (χ1) is 13.3. The first-order valence-corrected chi connectivity index (χ1v) is 9.28. The summed E-state index contributed by atoms with van der Waals surface area (Å²) in [6, 6.07) is 20.2. The van der Waals surface area contributed by atoms with Crippen molar-refractivity contribution < 1.29 is 4.74 Å². The fourth-order valence-electron chi connectivity index (χ4n) is 3.66. The van der Waals surface area contributed by atoms with Crippen LogP contribution < -0.4 is 4.90 Å². The van der Waals surface area contributed by atoms with E-state index in [-0.39, 0.29) is 0 Å². The monoisotopic (exact) mass is 357 g/mol. The Morgan fingerprint density at radius 3 is 2.67 bits per heavy atom. The molecule has 0 bridgehead atoms. The van der Waals surface area contributed by atoms with Gasteiger partial charge in [0.15, 0.2) is 5.82 Å². The first kappa shape index (κ1) is 16.1. The van der Waals surface area contributed by atoms with E-state index in [0.717, 1.165) is 65.7 Å². The van der Waals surface area contributed by atoms with Gasteiger partial charge >= 0.3 is 0 Å². The highest BCUT2D eigenvalue weighted by Crippen LogP contribution is 2.32. The van der Waals surface area contributed by atoms with E-state index in [0.29, 0.717) is 0 Å². The Bertz CT molecular complexity index is 1070. The number of ether oxygens (including phenoxy) is 1. The molecule has 5 nitrogen and oxygen atoms in total. The topological polar surface area (TPSA) is 56.9 Å². The van der Waals surface area contributed by atoms with E-state index < -0.39 is 0 Å². The van der Waals surface area contributed by atoms with Gasteiger partial charge in [0.2, 0.25) is 0 Å². The van der Waals surface area contributed by atoms with Crippen LogP contribution in [0.25, 0.3) is 33.7 Å². The number of hydrogen-bond donors (Lipinski definition) is 2. The Morgan fingerprint density at radius 2 is 1.85 bits per heavy atom. The van der Waals surface area contributed by atoms with Gasteiger partial charge in [-0.3, -0.25) is 0 Å². The largest absolute Gasteiger partial charge is 0.378 e. The summed E-state index contributed by atoms with van der Waals surface area (Å²) >= 11 is 0. The lowest BCUT2D eigenvalue weighted by Gasteiger charge is -2.28. The molecule has 1 aliphatic heterocycles. The van der Waals surface area contributed by atoms with Crippen LogP contribution in [0.4, 0.5) is 5.69 Å². The van der Waals surface area contributed by atoms with Crippen molar-refractivity contribution in [1.82, 2.24) is 15.0 Å². The van der Waals surface area contributed by atoms with Crippen molar-refractivity contribution >= 4 is 16.7 Å². The van der Waals surface area contributed by atoms with Gasteiger partial charge < -0.3 is 19.6 Å². The molecule has 0 unspecified atom stereocenters. The molecule has 2 N–H and O–H groups in total. The van der Waals surface area contributed by atoms with Gasteiger partial charge in [-0.1, -0.05) is 30.3 Å². The number of hydrogen-bond acceptors (Lipinski definition) is 3. The maximum absolute atomic E-state index is 5.46. The molecule has 3 heterocycles. The number of nitrogens with one attached hydrogen (secondary N) is 2. The normalized spacial score (nSPS) is 14.8. The van der Waals surface area contributed by atoms with E-state index in [1.54, 1.807) is 0 Å². The summed E-state index contributed by atoms with van der Waals surface area (Å²) in [7, 11) is 0. The van der Waals surface area contributed by atoms with Gasteiger partial charge in [-0.05, 0) is 30.7 Å². The molecule has 0 saturated carbocycles. The van der Waals surface area contributed by atoms with Crippen molar-refractivity contribution in [2.75, 3.05) is 31.2 Å². The fourth-order valence-corrected chi connectivity index (χ4v) is 3.66. The number of benzene rings is 2. The smallest absolute Gasteiger partial charge is 0.155 e. The summed E-state index contributed by atoms with van der Waals surface area (Å²) in [5.74, 6) is 0.840. The van der Waals surface area contributed by atoms with Crippen molar-refractivity contribution in [2.45, 2.75) is 6.92 Å². The Kier molecular flexibility index (Phi) is 3.94. The predicted molar refractivity (Wildman–Crippen MR) is 108 cm³/mol. The van der Waals surface area contributed by atoms with E-state index in [9.17, 15) is 0 Å². The van der Waals surface area contributed by atoms with Crippen molar-refractivity contribution in [2.24, 2.45) is 0 Å². The third-order valence-corrected chi connectivity index (χ3v) is 5.02. The third kappa shape index (κ3) is 3.00. The second-order valence-corrected chi connectivity index (χ2v) is 6.88. The zero-order valence-electron chi connectivity index (χ0n) is 15.2. The molecule has 0 amide bonds. The quantitative estimate of drug-likeness (QED) is 0.579. The van der Waals surface area contributed by atoms with Crippen LogP contribution in [0.3, 0.4) is 0 Å². The van der Waals surface area contributed by atoms with Gasteiger partial charge in [-0.25, -0.2) is 4.98 Å². The minimum atomic E-state index is 0.780. The van der Waals surface area contributed by atoms with Crippen molar-refractivity contribution in [1.29, 1.82) is 0 Å². The lowest BCUT2D eigenvalue weighted by atomic mass is 10.1. The van der Waals surface area contributed by atoms with Crippen LogP contribution in [-0.4, -0.2) is 41.3 Å². The molecule has 2 aromatic carbocycles. The highest BCUT2D eigenvalue weighted by Gasteiger charge is 2.16. The predicted octanol–water partition coefficient (Wildman–Crippen LogP) is 4.17. The molecule has 1 radical (unpaired) electrons. The maximum Gasteiger partial charge on any atom is 0.155 e. The number of aromatic nitrogens is 3. The number of morpholine rings is 1. The van der Waals surface area contributed by atoms with Crippen LogP contribution in [0.1, 0.15) is 5.69 Å². The molecule has 2 aromatic heterocycles. The summed E-state index contributed by atoms with van der Waals surface area (Å²) in [6.07, 6.45) is 0. The Morgan fingerprint density at radius 1 is 1.04 bits per heavy atom. The van der Waals surface area contributed by atoms with E-state index in [1.807, 2.05) is 25.1 Å². The molecule has 135 valence electrons. The number of aromatic amines is 2. The molecule has 1 saturated heterocycles. The Balaban J connectivity index is 1.56.